The van der Waals surface area contributed by atoms with Gasteiger partial charge in [0.1, 0.15) is 0 Å². The highest BCUT2D eigenvalue weighted by Crippen LogP contribution is 2.30. The maximum absolute atomic E-state index is 3.42. The minimum atomic E-state index is 0.385. The molecule has 3 rings (SSSR count). The minimum absolute atomic E-state index is 0.385. The van der Waals surface area contributed by atoms with Gasteiger partial charge < -0.3 is 0 Å². The van der Waals surface area contributed by atoms with Crippen molar-refractivity contribution in [2.24, 2.45) is 0 Å². The lowest BCUT2D eigenvalue weighted by atomic mass is 9.83. The Morgan fingerprint density at radius 2 is 1.50 bits per heavy atom. The molecule has 0 aromatic heterocycles. The van der Waals surface area contributed by atoms with Gasteiger partial charge in [0, 0.05) is 5.92 Å². The summed E-state index contributed by atoms with van der Waals surface area (Å²) in [6.07, 6.45) is 2.05. The third-order valence-corrected chi connectivity index (χ3v) is 4.19. The van der Waals surface area contributed by atoms with Gasteiger partial charge in [0.15, 0.2) is 0 Å². The summed E-state index contributed by atoms with van der Waals surface area (Å²) >= 11 is 0. The monoisotopic (exact) mass is 285 g/mol. The van der Waals surface area contributed by atoms with Gasteiger partial charge in [0.25, 0.3) is 0 Å². The van der Waals surface area contributed by atoms with E-state index in [1.807, 2.05) is 6.07 Å². The molecule has 0 saturated carbocycles. The van der Waals surface area contributed by atoms with Crippen LogP contribution in [0.5, 0.6) is 0 Å². The van der Waals surface area contributed by atoms with E-state index in [2.05, 4.69) is 85.8 Å². The van der Waals surface area contributed by atoms with Crippen molar-refractivity contribution in [1.82, 2.24) is 0 Å². The summed E-state index contributed by atoms with van der Waals surface area (Å²) in [5.41, 5.74) is 5.48. The zero-order chi connectivity index (χ0) is 15.2. The number of aryl methyl sites for hydroxylation is 1. The lowest BCUT2D eigenvalue weighted by Gasteiger charge is -2.21. The van der Waals surface area contributed by atoms with Gasteiger partial charge in [-0.05, 0) is 41.2 Å². The Labute approximate surface area is 133 Å². The summed E-state index contributed by atoms with van der Waals surface area (Å²) in [5, 5.41) is 0. The molecule has 3 aromatic rings. The predicted molar refractivity (Wildman–Crippen MR) is 93.1 cm³/mol. The molecule has 0 fully saturated rings. The van der Waals surface area contributed by atoms with E-state index in [4.69, 9.17) is 0 Å². The Morgan fingerprint density at radius 1 is 0.818 bits per heavy atom. The first kappa shape index (κ1) is 14.6. The van der Waals surface area contributed by atoms with E-state index in [0.29, 0.717) is 5.92 Å². The number of hydrogen-bond acceptors (Lipinski definition) is 0. The van der Waals surface area contributed by atoms with Crippen LogP contribution >= 0.6 is 0 Å². The molecule has 0 bridgehead atoms. The molecule has 0 saturated heterocycles. The highest BCUT2D eigenvalue weighted by atomic mass is 14.2. The zero-order valence-corrected chi connectivity index (χ0v) is 13.0. The van der Waals surface area contributed by atoms with Crippen molar-refractivity contribution in [3.63, 3.8) is 0 Å². The van der Waals surface area contributed by atoms with Crippen LogP contribution in [-0.4, -0.2) is 0 Å². The fraction of sp³-hybridized carbons (Fsp3) is 0.182. The van der Waals surface area contributed by atoms with E-state index < -0.39 is 0 Å². The second-order valence-electron chi connectivity index (χ2n) is 5.61. The maximum atomic E-state index is 3.42. The van der Waals surface area contributed by atoms with E-state index in [1.54, 1.807) is 0 Å². The first-order chi connectivity index (χ1) is 10.9. The van der Waals surface area contributed by atoms with Gasteiger partial charge >= 0.3 is 0 Å². The highest BCUT2D eigenvalue weighted by molar-refractivity contribution is 5.39. The van der Waals surface area contributed by atoms with Gasteiger partial charge in [0.05, 0.1) is 0 Å². The smallest absolute Gasteiger partial charge is 0.0133 e. The average Bonchev–Trinajstić information content (AvgIpc) is 2.61. The normalized spacial score (nSPS) is 12.0. The molecular formula is C22H21. The number of hydrogen-bond donors (Lipinski definition) is 0. The number of benzene rings is 3. The first-order valence-electron chi connectivity index (χ1n) is 7.97. The van der Waals surface area contributed by atoms with Crippen LogP contribution in [0.1, 0.15) is 35.1 Å². The van der Waals surface area contributed by atoms with E-state index >= 15 is 0 Å². The summed E-state index contributed by atoms with van der Waals surface area (Å²) in [4.78, 5) is 0. The summed E-state index contributed by atoms with van der Waals surface area (Å²) in [7, 11) is 0. The van der Waals surface area contributed by atoms with Crippen molar-refractivity contribution < 1.29 is 0 Å². The highest BCUT2D eigenvalue weighted by Gasteiger charge is 2.17. The van der Waals surface area contributed by atoms with Gasteiger partial charge in [-0.2, -0.15) is 0 Å². The summed E-state index contributed by atoms with van der Waals surface area (Å²) in [6, 6.07) is 31.4. The number of rotatable bonds is 5. The third kappa shape index (κ3) is 3.28. The van der Waals surface area contributed by atoms with Crippen LogP contribution < -0.4 is 0 Å². The second kappa shape index (κ2) is 7.09. The van der Waals surface area contributed by atoms with Crippen LogP contribution in [-0.2, 0) is 12.8 Å². The molecule has 22 heavy (non-hydrogen) atoms. The van der Waals surface area contributed by atoms with Crippen molar-refractivity contribution in [3.8, 4) is 0 Å². The molecule has 1 atom stereocenters. The van der Waals surface area contributed by atoms with Crippen molar-refractivity contribution in [2.45, 2.75) is 25.7 Å². The van der Waals surface area contributed by atoms with E-state index in [-0.39, 0.29) is 0 Å². The summed E-state index contributed by atoms with van der Waals surface area (Å²) in [6.45, 7) is 2.21. The van der Waals surface area contributed by atoms with Gasteiger partial charge in [0.2, 0.25) is 0 Å². The Morgan fingerprint density at radius 3 is 2.18 bits per heavy atom. The molecule has 0 spiro atoms. The Hall–Kier alpha value is -2.34. The first-order valence-corrected chi connectivity index (χ1v) is 7.97. The average molecular weight is 285 g/mol. The van der Waals surface area contributed by atoms with Crippen LogP contribution in [0.25, 0.3) is 0 Å². The molecule has 0 aliphatic heterocycles. The molecule has 1 unspecified atom stereocenters. The van der Waals surface area contributed by atoms with E-state index in [9.17, 15) is 0 Å². The molecule has 1 radical (unpaired) electrons. The lowest BCUT2D eigenvalue weighted by molar-refractivity contribution is 0.790. The maximum Gasteiger partial charge on any atom is 0.0133 e. The fourth-order valence-electron chi connectivity index (χ4n) is 3.06. The van der Waals surface area contributed by atoms with Crippen LogP contribution in [0.3, 0.4) is 0 Å². The van der Waals surface area contributed by atoms with Gasteiger partial charge in [-0.15, -0.1) is 0 Å². The van der Waals surface area contributed by atoms with Crippen molar-refractivity contribution in [1.29, 1.82) is 0 Å². The Kier molecular flexibility index (Phi) is 4.70. The second-order valence-corrected chi connectivity index (χ2v) is 5.61. The summed E-state index contributed by atoms with van der Waals surface area (Å²) in [5.74, 6) is 0.385. The molecular weight excluding hydrogens is 264 g/mol. The molecule has 109 valence electrons. The van der Waals surface area contributed by atoms with Gasteiger partial charge in [-0.25, -0.2) is 0 Å². The molecule has 0 N–H and O–H groups in total. The molecule has 3 aromatic carbocycles. The van der Waals surface area contributed by atoms with E-state index in [1.165, 1.54) is 22.3 Å². The van der Waals surface area contributed by atoms with Gasteiger partial charge in [-0.1, -0.05) is 85.8 Å². The Bertz CT molecular complexity index is 698. The molecule has 0 heterocycles. The van der Waals surface area contributed by atoms with Crippen LogP contribution in [0.2, 0.25) is 0 Å². The Balaban J connectivity index is 2.03. The van der Waals surface area contributed by atoms with Crippen molar-refractivity contribution >= 4 is 0 Å². The largest absolute Gasteiger partial charge is 0.0622 e. The molecule has 0 aliphatic carbocycles. The molecule has 0 heteroatoms. The third-order valence-electron chi connectivity index (χ3n) is 4.19. The van der Waals surface area contributed by atoms with Crippen molar-refractivity contribution in [2.75, 3.05) is 0 Å². The lowest BCUT2D eigenvalue weighted by Crippen LogP contribution is -2.08. The quantitative estimate of drug-likeness (QED) is 0.587. The summed E-state index contributed by atoms with van der Waals surface area (Å²) < 4.78 is 0. The van der Waals surface area contributed by atoms with E-state index in [0.717, 1.165) is 12.8 Å². The van der Waals surface area contributed by atoms with Crippen LogP contribution in [0.4, 0.5) is 0 Å². The fourth-order valence-corrected chi connectivity index (χ4v) is 3.06. The molecule has 0 amide bonds. The topological polar surface area (TPSA) is 0 Å². The zero-order valence-electron chi connectivity index (χ0n) is 13.0. The predicted octanol–water partition coefficient (Wildman–Crippen LogP) is 5.42. The van der Waals surface area contributed by atoms with Crippen molar-refractivity contribution in [3.05, 3.63) is 107 Å². The minimum Gasteiger partial charge on any atom is -0.0622 e. The SMILES string of the molecule is CCc1[c]cccc1C(Cc1ccccc1)c1ccccc1. The molecule has 0 aliphatic rings. The van der Waals surface area contributed by atoms with Crippen LogP contribution in [0.15, 0.2) is 78.9 Å². The molecule has 0 nitrogen and oxygen atoms in total. The standard InChI is InChI=1S/C22H21/c1-2-19-13-9-10-16-21(19)22(20-14-7-4-8-15-20)17-18-11-5-3-6-12-18/h3-12,14-16,22H,2,17H2,1H3. The van der Waals surface area contributed by atoms with Crippen LogP contribution in [0, 0.1) is 6.07 Å². The van der Waals surface area contributed by atoms with Gasteiger partial charge in [-0.3, -0.25) is 0 Å².